The number of anilines is 2. The summed E-state index contributed by atoms with van der Waals surface area (Å²) < 4.78 is 5.62. The summed E-state index contributed by atoms with van der Waals surface area (Å²) in [5, 5.41) is 3.61. The van der Waals surface area contributed by atoms with Crippen LogP contribution in [0, 0.1) is 0 Å². The minimum Gasteiger partial charge on any atom is -0.443 e. The molecular formula is C19H20N4O2. The fourth-order valence-electron chi connectivity index (χ4n) is 2.90. The highest BCUT2D eigenvalue weighted by molar-refractivity contribution is 5.99. The molecule has 6 nitrogen and oxygen atoms in total. The fourth-order valence-corrected chi connectivity index (χ4v) is 2.90. The molecule has 0 spiro atoms. The van der Waals surface area contributed by atoms with Crippen molar-refractivity contribution in [2.45, 2.75) is 39.3 Å². The molecule has 1 aliphatic heterocycles. The molecule has 0 fully saturated rings. The molecule has 0 aliphatic carbocycles. The van der Waals surface area contributed by atoms with Gasteiger partial charge in [-0.3, -0.25) is 0 Å². The van der Waals surface area contributed by atoms with E-state index in [9.17, 15) is 4.79 Å². The second kappa shape index (κ2) is 6.49. The number of carbonyl (C=O) groups is 1. The number of nitrogens with zero attached hydrogens (tertiary/aromatic N) is 4. The van der Waals surface area contributed by atoms with Gasteiger partial charge in [0.15, 0.2) is 0 Å². The first-order valence-electron chi connectivity index (χ1n) is 8.13. The van der Waals surface area contributed by atoms with Crippen LogP contribution < -0.4 is 4.90 Å². The van der Waals surface area contributed by atoms with E-state index in [4.69, 9.17) is 10.3 Å². The summed E-state index contributed by atoms with van der Waals surface area (Å²) in [6.45, 7) is 5.78. The number of para-hydroxylation sites is 1. The first-order valence-corrected chi connectivity index (χ1v) is 8.13. The van der Waals surface area contributed by atoms with Crippen molar-refractivity contribution < 1.29 is 9.53 Å². The average Bonchev–Trinajstić information content (AvgIpc) is 2.56. The number of hydrogen-bond acceptors (Lipinski definition) is 3. The highest BCUT2D eigenvalue weighted by Crippen LogP contribution is 2.40. The first-order chi connectivity index (χ1) is 11.9. The van der Waals surface area contributed by atoms with Gasteiger partial charge in [-0.15, -0.1) is 0 Å². The molecule has 0 aromatic heterocycles. The SMILES string of the molecule is CC(C)(C)OC(=O)N1c2ccccc2Cc2ccc(CN=[N+]=[N-])cc21. The van der Waals surface area contributed by atoms with Crippen molar-refractivity contribution in [2.24, 2.45) is 5.11 Å². The second-order valence-electron chi connectivity index (χ2n) is 6.97. The Bertz CT molecular complexity index is 864. The molecular weight excluding hydrogens is 316 g/mol. The van der Waals surface area contributed by atoms with Gasteiger partial charge in [-0.05, 0) is 55.1 Å². The molecule has 1 aliphatic rings. The van der Waals surface area contributed by atoms with Crippen LogP contribution in [0.15, 0.2) is 47.6 Å². The predicted octanol–water partition coefficient (Wildman–Crippen LogP) is 5.47. The van der Waals surface area contributed by atoms with Crippen LogP contribution in [0.25, 0.3) is 10.4 Å². The van der Waals surface area contributed by atoms with Crippen LogP contribution in [0.3, 0.4) is 0 Å². The van der Waals surface area contributed by atoms with Gasteiger partial charge in [-0.2, -0.15) is 0 Å². The van der Waals surface area contributed by atoms with E-state index < -0.39 is 11.7 Å². The normalized spacial score (nSPS) is 12.7. The van der Waals surface area contributed by atoms with Gasteiger partial charge in [0.2, 0.25) is 0 Å². The van der Waals surface area contributed by atoms with Gasteiger partial charge in [-0.1, -0.05) is 35.4 Å². The lowest BCUT2D eigenvalue weighted by Gasteiger charge is -2.33. The molecule has 0 bridgehead atoms. The van der Waals surface area contributed by atoms with Gasteiger partial charge >= 0.3 is 6.09 Å². The second-order valence-corrected chi connectivity index (χ2v) is 6.97. The van der Waals surface area contributed by atoms with Crippen LogP contribution in [0.4, 0.5) is 16.2 Å². The molecule has 1 heterocycles. The van der Waals surface area contributed by atoms with Crippen molar-refractivity contribution in [1.29, 1.82) is 0 Å². The fraction of sp³-hybridized carbons (Fsp3) is 0.316. The maximum absolute atomic E-state index is 12.9. The molecule has 6 heteroatoms. The maximum Gasteiger partial charge on any atom is 0.419 e. The van der Waals surface area contributed by atoms with Crippen molar-refractivity contribution in [2.75, 3.05) is 4.90 Å². The highest BCUT2D eigenvalue weighted by Gasteiger charge is 2.31. The van der Waals surface area contributed by atoms with E-state index in [-0.39, 0.29) is 6.54 Å². The monoisotopic (exact) mass is 336 g/mol. The summed E-state index contributed by atoms with van der Waals surface area (Å²) in [6.07, 6.45) is 0.328. The summed E-state index contributed by atoms with van der Waals surface area (Å²) in [6, 6.07) is 13.6. The van der Waals surface area contributed by atoms with Gasteiger partial charge in [-0.25, -0.2) is 9.69 Å². The highest BCUT2D eigenvalue weighted by atomic mass is 16.6. The van der Waals surface area contributed by atoms with Gasteiger partial charge in [0.1, 0.15) is 5.60 Å². The Morgan fingerprint density at radius 3 is 2.64 bits per heavy atom. The van der Waals surface area contributed by atoms with E-state index in [0.29, 0.717) is 0 Å². The number of amides is 1. The third-order valence-electron chi connectivity index (χ3n) is 3.90. The number of azide groups is 1. The van der Waals surface area contributed by atoms with Gasteiger partial charge in [0.25, 0.3) is 0 Å². The molecule has 128 valence electrons. The van der Waals surface area contributed by atoms with E-state index >= 15 is 0 Å². The Balaban J connectivity index is 2.08. The Kier molecular flexibility index (Phi) is 4.38. The minimum absolute atomic E-state index is 0.244. The molecule has 2 aromatic carbocycles. The van der Waals surface area contributed by atoms with Gasteiger partial charge in [0, 0.05) is 11.3 Å². The molecule has 0 N–H and O–H groups in total. The lowest BCUT2D eigenvalue weighted by atomic mass is 9.94. The van der Waals surface area contributed by atoms with Crippen LogP contribution in [0.1, 0.15) is 37.5 Å². The molecule has 0 saturated carbocycles. The summed E-state index contributed by atoms with van der Waals surface area (Å²) >= 11 is 0. The first kappa shape index (κ1) is 16.9. The van der Waals surface area contributed by atoms with Crippen molar-refractivity contribution in [3.05, 3.63) is 69.6 Å². The van der Waals surface area contributed by atoms with E-state index in [2.05, 4.69) is 10.0 Å². The third-order valence-corrected chi connectivity index (χ3v) is 3.90. The minimum atomic E-state index is -0.591. The molecule has 0 radical (unpaired) electrons. The lowest BCUT2D eigenvalue weighted by Crippen LogP contribution is -2.36. The van der Waals surface area contributed by atoms with E-state index in [1.165, 1.54) is 0 Å². The molecule has 1 amide bonds. The zero-order valence-electron chi connectivity index (χ0n) is 14.6. The zero-order chi connectivity index (χ0) is 18.0. The Hall–Kier alpha value is -2.98. The van der Waals surface area contributed by atoms with Crippen molar-refractivity contribution in [3.63, 3.8) is 0 Å². The van der Waals surface area contributed by atoms with E-state index in [1.807, 2.05) is 63.2 Å². The number of rotatable bonds is 2. The molecule has 0 atom stereocenters. The number of benzene rings is 2. The van der Waals surface area contributed by atoms with Crippen molar-refractivity contribution in [3.8, 4) is 0 Å². The standard InChI is InChI=1S/C19H20N4O2/c1-19(2,3)25-18(24)23-16-7-5-4-6-14(16)11-15-9-8-13(10-17(15)23)12-21-22-20/h4-10H,11-12H2,1-3H3. The van der Waals surface area contributed by atoms with Crippen LogP contribution in [-0.4, -0.2) is 11.7 Å². The summed E-state index contributed by atoms with van der Waals surface area (Å²) in [5.74, 6) is 0. The zero-order valence-corrected chi connectivity index (χ0v) is 14.6. The smallest absolute Gasteiger partial charge is 0.419 e. The Morgan fingerprint density at radius 1 is 1.20 bits per heavy atom. The number of carbonyl (C=O) groups excluding carboxylic acids is 1. The third kappa shape index (κ3) is 3.59. The molecule has 0 unspecified atom stereocenters. The van der Waals surface area contributed by atoms with Gasteiger partial charge in [0.05, 0.1) is 17.9 Å². The summed E-state index contributed by atoms with van der Waals surface area (Å²) in [4.78, 5) is 17.3. The van der Waals surface area contributed by atoms with Crippen molar-refractivity contribution >= 4 is 17.5 Å². The molecule has 25 heavy (non-hydrogen) atoms. The van der Waals surface area contributed by atoms with Crippen LogP contribution >= 0.6 is 0 Å². The van der Waals surface area contributed by atoms with E-state index in [1.54, 1.807) is 4.90 Å². The topological polar surface area (TPSA) is 78.3 Å². The van der Waals surface area contributed by atoms with Gasteiger partial charge < -0.3 is 4.74 Å². The quantitative estimate of drug-likeness (QED) is 0.414. The number of fused-ring (bicyclic) bond motifs is 2. The van der Waals surface area contributed by atoms with Crippen molar-refractivity contribution in [1.82, 2.24) is 0 Å². The van der Waals surface area contributed by atoms with Crippen LogP contribution in [-0.2, 0) is 17.7 Å². The number of ether oxygens (including phenoxy) is 1. The van der Waals surface area contributed by atoms with E-state index in [0.717, 1.165) is 34.5 Å². The average molecular weight is 336 g/mol. The Labute approximate surface area is 146 Å². The van der Waals surface area contributed by atoms with Crippen LogP contribution in [0.5, 0.6) is 0 Å². The molecule has 0 saturated heterocycles. The molecule has 2 aromatic rings. The largest absolute Gasteiger partial charge is 0.443 e. The summed E-state index contributed by atoms with van der Waals surface area (Å²) in [7, 11) is 0. The van der Waals surface area contributed by atoms with Crippen LogP contribution in [0.2, 0.25) is 0 Å². The number of hydrogen-bond donors (Lipinski definition) is 0. The summed E-state index contributed by atoms with van der Waals surface area (Å²) in [5.41, 5.74) is 12.5. The predicted molar refractivity (Wildman–Crippen MR) is 96.9 cm³/mol. The maximum atomic E-state index is 12.9. The molecule has 3 rings (SSSR count). The Morgan fingerprint density at radius 2 is 1.92 bits per heavy atom. The lowest BCUT2D eigenvalue weighted by molar-refractivity contribution is 0.0598.